The van der Waals surface area contributed by atoms with Gasteiger partial charge in [0.25, 0.3) is 0 Å². The van der Waals surface area contributed by atoms with Gasteiger partial charge in [0, 0.05) is 12.1 Å². The summed E-state index contributed by atoms with van der Waals surface area (Å²) in [5.41, 5.74) is 4.44. The quantitative estimate of drug-likeness (QED) is 0.616. The van der Waals surface area contributed by atoms with Crippen LogP contribution in [0.4, 0.5) is 0 Å². The van der Waals surface area contributed by atoms with Gasteiger partial charge in [-0.1, -0.05) is 59.6 Å². The molecule has 4 rings (SSSR count). The van der Waals surface area contributed by atoms with Crippen LogP contribution in [0.25, 0.3) is 0 Å². The third-order valence-electron chi connectivity index (χ3n) is 4.86. The molecular weight excluding hydrogens is 298 g/mol. The van der Waals surface area contributed by atoms with Crippen LogP contribution in [0, 0.1) is 5.41 Å². The lowest BCUT2D eigenvalue weighted by Gasteiger charge is -2.60. The van der Waals surface area contributed by atoms with Gasteiger partial charge in [0.1, 0.15) is 0 Å². The normalized spacial score (nSPS) is 34.9. The number of fused-ring (bicyclic) bond motifs is 2. The number of hydrogen-bond acceptors (Lipinski definition) is 1. The number of nitrogens with one attached hydrogen (secondary N) is 1. The van der Waals surface area contributed by atoms with Crippen LogP contribution in [0.2, 0.25) is 0 Å². The van der Waals surface area contributed by atoms with Crippen molar-refractivity contribution in [2.45, 2.75) is 50.0 Å². The molecule has 3 atom stereocenters. The zero-order valence-electron chi connectivity index (χ0n) is 12.0. The van der Waals surface area contributed by atoms with Crippen LogP contribution in [0.3, 0.4) is 0 Å². The highest BCUT2D eigenvalue weighted by Crippen LogP contribution is 2.62. The molecule has 0 unspecified atom stereocenters. The molecule has 1 nitrogen and oxygen atoms in total. The van der Waals surface area contributed by atoms with Crippen molar-refractivity contribution >= 4 is 15.9 Å². The number of rotatable bonds is 2. The van der Waals surface area contributed by atoms with Gasteiger partial charge < -0.3 is 5.32 Å². The van der Waals surface area contributed by atoms with Crippen molar-refractivity contribution in [3.8, 4) is 0 Å². The van der Waals surface area contributed by atoms with E-state index in [0.717, 1.165) is 6.42 Å². The molecule has 0 saturated carbocycles. The van der Waals surface area contributed by atoms with Gasteiger partial charge in [0.05, 0.1) is 4.32 Å². The Morgan fingerprint density at radius 3 is 2.79 bits per heavy atom. The van der Waals surface area contributed by atoms with Crippen molar-refractivity contribution in [3.63, 3.8) is 0 Å². The van der Waals surface area contributed by atoms with E-state index in [1.807, 2.05) is 0 Å². The Morgan fingerprint density at radius 1 is 1.42 bits per heavy atom. The second-order valence-corrected chi connectivity index (χ2v) is 8.07. The van der Waals surface area contributed by atoms with Crippen LogP contribution in [0.1, 0.15) is 50.8 Å². The highest BCUT2D eigenvalue weighted by Gasteiger charge is 2.59. The molecule has 0 radical (unpaired) electrons. The Hall–Kier alpha value is -0.600. The predicted molar refractivity (Wildman–Crippen MR) is 84.5 cm³/mol. The molecule has 1 aromatic rings. The maximum atomic E-state index is 4.14. The van der Waals surface area contributed by atoms with Crippen molar-refractivity contribution in [2.75, 3.05) is 0 Å². The van der Waals surface area contributed by atoms with Gasteiger partial charge in [0.15, 0.2) is 0 Å². The highest BCUT2D eigenvalue weighted by molar-refractivity contribution is 9.09. The molecule has 1 aromatic carbocycles. The number of halogens is 1. The lowest BCUT2D eigenvalue weighted by atomic mass is 9.57. The van der Waals surface area contributed by atoms with E-state index < -0.39 is 0 Å². The molecule has 2 heterocycles. The Bertz CT molecular complexity index is 534. The van der Waals surface area contributed by atoms with Crippen molar-refractivity contribution in [1.82, 2.24) is 5.32 Å². The third-order valence-corrected chi connectivity index (χ3v) is 6.92. The van der Waals surface area contributed by atoms with Crippen molar-refractivity contribution in [2.24, 2.45) is 5.41 Å². The van der Waals surface area contributed by atoms with E-state index in [-0.39, 0.29) is 9.74 Å². The molecule has 102 valence electrons. The fourth-order valence-electron chi connectivity index (χ4n) is 3.98. The number of benzene rings is 1. The molecule has 1 fully saturated rings. The predicted octanol–water partition coefficient (Wildman–Crippen LogP) is 4.69. The molecule has 0 spiro atoms. The SMILES string of the molecule is C=C(C)C[C@@H]1N[C@H]2CC(C)(C)[C@]1(Br)c1ccccc12. The molecule has 1 saturated heterocycles. The van der Waals surface area contributed by atoms with Crippen LogP contribution >= 0.6 is 15.9 Å². The molecule has 1 N–H and O–H groups in total. The van der Waals surface area contributed by atoms with Crippen LogP contribution in [0.15, 0.2) is 36.4 Å². The minimum atomic E-state index is 0.00426. The third kappa shape index (κ3) is 1.76. The zero-order valence-corrected chi connectivity index (χ0v) is 13.5. The van der Waals surface area contributed by atoms with E-state index in [0.29, 0.717) is 12.1 Å². The fourth-order valence-corrected chi connectivity index (χ4v) is 4.80. The molecule has 2 bridgehead atoms. The van der Waals surface area contributed by atoms with Gasteiger partial charge in [-0.3, -0.25) is 0 Å². The number of piperidine rings is 1. The summed E-state index contributed by atoms with van der Waals surface area (Å²) in [5.74, 6) is 0. The molecule has 0 amide bonds. The minimum absolute atomic E-state index is 0.00426. The van der Waals surface area contributed by atoms with Gasteiger partial charge >= 0.3 is 0 Å². The van der Waals surface area contributed by atoms with E-state index in [1.54, 1.807) is 0 Å². The molecule has 0 aromatic heterocycles. The number of hydrogen-bond donors (Lipinski definition) is 1. The Balaban J connectivity index is 2.16. The Morgan fingerprint density at radius 2 is 2.11 bits per heavy atom. The van der Waals surface area contributed by atoms with Crippen LogP contribution in [-0.4, -0.2) is 6.04 Å². The van der Waals surface area contributed by atoms with E-state index in [2.05, 4.69) is 72.9 Å². The molecule has 2 aliphatic heterocycles. The second-order valence-electron chi connectivity index (χ2n) is 6.82. The van der Waals surface area contributed by atoms with Gasteiger partial charge in [-0.15, -0.1) is 6.58 Å². The Labute approximate surface area is 124 Å². The monoisotopic (exact) mass is 319 g/mol. The fraction of sp³-hybridized carbons (Fsp3) is 0.529. The zero-order chi connectivity index (χ0) is 13.8. The maximum absolute atomic E-state index is 4.14. The van der Waals surface area contributed by atoms with Gasteiger partial charge in [-0.2, -0.15) is 0 Å². The first-order valence-electron chi connectivity index (χ1n) is 7.05. The average Bonchev–Trinajstić information content (AvgIpc) is 2.32. The lowest BCUT2D eigenvalue weighted by molar-refractivity contribution is 0.0837. The van der Waals surface area contributed by atoms with E-state index in [9.17, 15) is 0 Å². The second kappa shape index (κ2) is 4.20. The first-order chi connectivity index (χ1) is 8.86. The molecule has 2 heteroatoms. The molecule has 3 aliphatic rings. The van der Waals surface area contributed by atoms with Crippen LogP contribution in [-0.2, 0) is 4.32 Å². The summed E-state index contributed by atoms with van der Waals surface area (Å²) in [5, 5.41) is 3.83. The molecular formula is C17H22BrN. The average molecular weight is 320 g/mol. The van der Waals surface area contributed by atoms with Crippen molar-refractivity contribution in [1.29, 1.82) is 0 Å². The summed E-state index contributed by atoms with van der Waals surface area (Å²) in [7, 11) is 0. The maximum Gasteiger partial charge on any atom is 0.0716 e. The van der Waals surface area contributed by atoms with Crippen molar-refractivity contribution in [3.05, 3.63) is 47.5 Å². The first kappa shape index (κ1) is 13.4. The van der Waals surface area contributed by atoms with E-state index >= 15 is 0 Å². The standard InChI is InChI=1S/C17H22BrN/c1-11(2)9-15-17(18)13-8-6-5-7-12(13)14(19-15)10-16(17,3)4/h5-8,14-15,19H,1,9-10H2,2-4H3/t14-,15-,17-/m0/s1. The van der Waals surface area contributed by atoms with Gasteiger partial charge in [-0.05, 0) is 36.3 Å². The van der Waals surface area contributed by atoms with Crippen molar-refractivity contribution < 1.29 is 0 Å². The Kier molecular flexibility index (Phi) is 2.96. The van der Waals surface area contributed by atoms with Gasteiger partial charge in [0.2, 0.25) is 0 Å². The summed E-state index contributed by atoms with van der Waals surface area (Å²) in [4.78, 5) is 0. The number of alkyl halides is 1. The van der Waals surface area contributed by atoms with Crippen LogP contribution < -0.4 is 5.32 Å². The van der Waals surface area contributed by atoms with E-state index in [1.165, 1.54) is 23.1 Å². The van der Waals surface area contributed by atoms with Crippen LogP contribution in [0.5, 0.6) is 0 Å². The van der Waals surface area contributed by atoms with Gasteiger partial charge in [-0.25, -0.2) is 0 Å². The largest absolute Gasteiger partial charge is 0.305 e. The summed E-state index contributed by atoms with van der Waals surface area (Å²) in [6.45, 7) is 11.0. The van der Waals surface area contributed by atoms with E-state index in [4.69, 9.17) is 0 Å². The first-order valence-corrected chi connectivity index (χ1v) is 7.84. The molecule has 19 heavy (non-hydrogen) atoms. The smallest absolute Gasteiger partial charge is 0.0716 e. The summed E-state index contributed by atoms with van der Waals surface area (Å²) in [6, 6.07) is 9.79. The highest BCUT2D eigenvalue weighted by atomic mass is 79.9. The molecule has 1 aliphatic carbocycles. The minimum Gasteiger partial charge on any atom is -0.305 e. The lowest BCUT2D eigenvalue weighted by Crippen LogP contribution is -2.63. The summed E-state index contributed by atoms with van der Waals surface area (Å²) in [6.07, 6.45) is 2.21. The topological polar surface area (TPSA) is 12.0 Å². The summed E-state index contributed by atoms with van der Waals surface area (Å²) < 4.78 is 0.00426. The summed E-state index contributed by atoms with van der Waals surface area (Å²) >= 11 is 4.14.